The fourth-order valence-electron chi connectivity index (χ4n) is 21.7. The number of fused-ring (bicyclic) bond motifs is 9. The van der Waals surface area contributed by atoms with Crippen molar-refractivity contribution in [2.75, 3.05) is 14.2 Å². The second-order valence-corrected chi connectivity index (χ2v) is 38.7. The van der Waals surface area contributed by atoms with Gasteiger partial charge in [-0.2, -0.15) is 0 Å². The zero-order valence-electron chi connectivity index (χ0n) is 82.0. The molecule has 6 amide bonds. The minimum absolute atomic E-state index is 0.150. The van der Waals surface area contributed by atoms with Gasteiger partial charge in [-0.25, -0.2) is 0 Å². The minimum atomic E-state index is -0.180. The Labute approximate surface area is 837 Å². The van der Waals surface area contributed by atoms with Gasteiger partial charge in [-0.3, -0.25) is 28.8 Å². The highest BCUT2D eigenvalue weighted by molar-refractivity contribution is 6.33. The molecule has 0 bridgehead atoms. The van der Waals surface area contributed by atoms with E-state index in [1.807, 2.05) is 187 Å². The molecule has 0 saturated heterocycles. The van der Waals surface area contributed by atoms with E-state index < -0.39 is 0 Å². The zero-order chi connectivity index (χ0) is 99.0. The van der Waals surface area contributed by atoms with Crippen LogP contribution < -0.4 is 9.47 Å². The first kappa shape index (κ1) is 91.5. The summed E-state index contributed by atoms with van der Waals surface area (Å²) in [5, 5.41) is 12.7. The maximum Gasteiger partial charge on any atom is 0.261 e. The van der Waals surface area contributed by atoms with Crippen molar-refractivity contribution in [2.24, 2.45) is 0 Å². The molecule has 0 aromatic heterocycles. The average Bonchev–Trinajstić information content (AvgIpc) is 1.56. The van der Waals surface area contributed by atoms with Crippen LogP contribution in [-0.2, 0) is 68.0 Å². The van der Waals surface area contributed by atoms with E-state index in [9.17, 15) is 19.2 Å². The lowest BCUT2D eigenvalue weighted by molar-refractivity contribution is -0.124. The minimum Gasteiger partial charge on any atom is -0.497 e. The van der Waals surface area contributed by atoms with Crippen molar-refractivity contribution >= 4 is 134 Å². The van der Waals surface area contributed by atoms with Crippen LogP contribution in [-0.4, -0.2) is 79.1 Å². The Kier molecular flexibility index (Phi) is 24.0. The first-order valence-electron chi connectivity index (χ1n) is 48.9. The summed E-state index contributed by atoms with van der Waals surface area (Å²) < 4.78 is 11.0. The van der Waals surface area contributed by atoms with Gasteiger partial charge >= 0.3 is 0 Å². The van der Waals surface area contributed by atoms with E-state index in [1.54, 1.807) is 14.2 Å². The number of ether oxygens (including phenoxy) is 2. The van der Waals surface area contributed by atoms with Gasteiger partial charge in [0.15, 0.2) is 0 Å². The molecule has 0 N–H and O–H groups in total. The number of aryl methyl sites for hydroxylation is 8. The van der Waals surface area contributed by atoms with Crippen LogP contribution in [0.4, 0.5) is 0 Å². The Morgan fingerprint density at radius 2 is 0.375 bits per heavy atom. The lowest BCUT2D eigenvalue weighted by Gasteiger charge is -2.26. The van der Waals surface area contributed by atoms with Gasteiger partial charge in [0.05, 0.1) is 121 Å². The van der Waals surface area contributed by atoms with Crippen molar-refractivity contribution in [3.8, 4) is 11.5 Å². The van der Waals surface area contributed by atoms with Gasteiger partial charge in [0.2, 0.25) is 0 Å². The molecule has 14 heteroatoms. The van der Waals surface area contributed by atoms with Crippen LogP contribution in [0.2, 0.25) is 0 Å². The summed E-state index contributed by atoms with van der Waals surface area (Å²) in [6.45, 7) is 18.6. The molecule has 18 aromatic carbocycles. The van der Waals surface area contributed by atoms with Gasteiger partial charge in [-0.15, -0.1) is 0 Å². The first-order valence-corrected chi connectivity index (χ1v) is 48.9. The Morgan fingerprint density at radius 1 is 0.167 bits per heavy atom. The van der Waals surface area contributed by atoms with Crippen LogP contribution >= 0.6 is 0 Å². The second-order valence-electron chi connectivity index (χ2n) is 38.7. The molecular weight excluding hydrogens is 1770 g/mol. The summed E-state index contributed by atoms with van der Waals surface area (Å²) in [6, 6.07) is 127. The van der Waals surface area contributed by atoms with Crippen molar-refractivity contribution in [3.63, 3.8) is 0 Å². The predicted octanol–water partition coefficient (Wildman–Crippen LogP) is 27.1. The summed E-state index contributed by atoms with van der Waals surface area (Å²) >= 11 is 0. The summed E-state index contributed by atoms with van der Waals surface area (Å²) in [5.74, 6) is 0.576. The van der Waals surface area contributed by atoms with Gasteiger partial charge in [-0.1, -0.05) is 360 Å². The van der Waals surface area contributed by atoms with Crippen molar-refractivity contribution in [1.29, 1.82) is 0 Å². The molecule has 6 aliphatic rings. The summed E-state index contributed by atoms with van der Waals surface area (Å²) in [6.07, 6.45) is 0. The third-order valence-corrected chi connectivity index (χ3v) is 28.3. The fraction of sp³-hybridized carbons (Fsp3) is 0.123. The van der Waals surface area contributed by atoms with Gasteiger partial charge in [0, 0.05) is 0 Å². The van der Waals surface area contributed by atoms with Crippen LogP contribution in [0.1, 0.15) is 111 Å². The highest BCUT2D eigenvalue weighted by atomic mass is 16.5. The summed E-state index contributed by atoms with van der Waals surface area (Å²) in [5.41, 5.74) is 26.9. The van der Waals surface area contributed by atoms with Crippen molar-refractivity contribution in [3.05, 3.63) is 521 Å². The van der Waals surface area contributed by atoms with Crippen LogP contribution in [0, 0.1) is 55.4 Å². The molecule has 18 aromatic rings. The van der Waals surface area contributed by atoms with Gasteiger partial charge in [0.25, 0.3) is 35.4 Å². The van der Waals surface area contributed by atoms with E-state index in [1.165, 1.54) is 0 Å². The predicted molar refractivity (Wildman–Crippen MR) is 578 cm³/mol. The summed E-state index contributed by atoms with van der Waals surface area (Å²) in [7, 11) is 3.31. The van der Waals surface area contributed by atoms with E-state index >= 15 is 9.59 Å². The van der Waals surface area contributed by atoms with Crippen LogP contribution in [0.3, 0.4) is 0 Å². The van der Waals surface area contributed by atoms with Crippen molar-refractivity contribution in [2.45, 2.75) is 94.7 Å². The standard InChI is InChI=1S/C46H40N2O4.2C42H32N2O2/c1-27-15-28(2)18-31(17-27)25-47-43(37-9-7-35-23-39(51-5)13-11-33(35)21-37)41-42(45(47)49)44(38-10-8-36-24-40(52-6)14-12-34(36)22-38)48(46(41)50)26-32-19-29(3)16-30(4)20-32;1-27-9-7-11-29(21-27)25-43-39(35-19-17-31-13-3-5-15-33(31)23-35)37-38(41(43)45)40(36-20-18-32-14-4-6-16-34(32)24-36)44(42(37)46)26-30-12-8-10-28(2)22-30;1-27-11-15-29(16-12-27)25-43-39(35-21-19-31-7-3-5-9-33(31)23-35)37-38(41(43)45)40(36-22-20-32-8-4-6-10-34(32)24-36)44(42(37)46)26-30-17-13-28(2)14-18-30/h7-24H,25-26H2,1-6H3;2*3-24H,25-26H2,1-2H3. The molecule has 144 heavy (non-hydrogen) atoms. The number of carbonyl (C=O) groups is 6. The molecule has 24 rings (SSSR count). The van der Waals surface area contributed by atoms with Crippen LogP contribution in [0.25, 0.3) is 98.8 Å². The zero-order valence-corrected chi connectivity index (χ0v) is 82.0. The molecule has 0 unspecified atom stereocenters. The molecule has 0 radical (unpaired) electrons. The quantitative estimate of drug-likeness (QED) is 0.0735. The second kappa shape index (κ2) is 37.8. The van der Waals surface area contributed by atoms with Crippen molar-refractivity contribution < 1.29 is 38.2 Å². The number of benzene rings is 18. The molecule has 0 atom stereocenters. The lowest BCUT2D eigenvalue weighted by atomic mass is 9.99. The molecule has 0 fully saturated rings. The van der Waals surface area contributed by atoms with E-state index in [-0.39, 0.29) is 35.4 Å². The van der Waals surface area contributed by atoms with E-state index in [0.717, 1.165) is 187 Å². The van der Waals surface area contributed by atoms with E-state index in [4.69, 9.17) is 9.47 Å². The van der Waals surface area contributed by atoms with Gasteiger partial charge < -0.3 is 38.9 Å². The number of hydrogen-bond acceptors (Lipinski definition) is 8. The molecule has 14 nitrogen and oxygen atoms in total. The number of nitrogens with zero attached hydrogens (tertiary/aromatic N) is 6. The molecule has 702 valence electrons. The third-order valence-electron chi connectivity index (χ3n) is 28.3. The Morgan fingerprint density at radius 3 is 0.625 bits per heavy atom. The van der Waals surface area contributed by atoms with Crippen LogP contribution in [0.15, 0.2) is 410 Å². The molecule has 6 aliphatic heterocycles. The largest absolute Gasteiger partial charge is 0.497 e. The highest BCUT2D eigenvalue weighted by Gasteiger charge is 2.53. The highest BCUT2D eigenvalue weighted by Crippen LogP contribution is 2.53. The number of methoxy groups -OCH3 is 2. The lowest BCUT2D eigenvalue weighted by Crippen LogP contribution is -2.29. The molecule has 6 heterocycles. The topological polar surface area (TPSA) is 140 Å². The molecule has 0 aliphatic carbocycles. The maximum absolute atomic E-state index is 15.1. The third kappa shape index (κ3) is 17.3. The number of carbonyl (C=O) groups excluding carboxylic acids is 6. The molecule has 0 saturated carbocycles. The smallest absolute Gasteiger partial charge is 0.261 e. The monoisotopic (exact) mass is 1880 g/mol. The Balaban J connectivity index is 0.000000124. The number of hydrogen-bond donors (Lipinski definition) is 0. The van der Waals surface area contributed by atoms with Gasteiger partial charge in [0.1, 0.15) is 11.5 Å². The number of rotatable bonds is 20. The maximum atomic E-state index is 15.1. The first-order chi connectivity index (χ1) is 70.0. The van der Waals surface area contributed by atoms with Gasteiger partial charge in [-0.05, 0) is 247 Å². The molecular formula is C130H104N6O8. The van der Waals surface area contributed by atoms with E-state index in [0.29, 0.717) is 107 Å². The summed E-state index contributed by atoms with van der Waals surface area (Å²) in [4.78, 5) is 100. The normalized spacial score (nSPS) is 14.6. The fourth-order valence-corrected chi connectivity index (χ4v) is 21.7. The SMILES string of the molecule is COc1ccc2cc(C3=C4C(=O)N(Cc5cc(C)cc(C)c5)C(c5ccc6cc(OC)ccc6c5)=C4C(=O)N3Cc3cc(C)cc(C)c3)ccc2c1.Cc1ccc(CN2C(=O)C3=C(c4ccc5ccccc5c4)N(Cc4ccc(C)cc4)C(=O)C3=C2c2ccc3ccccc3c2)cc1.Cc1cccc(CN2C(=O)C3=C(c4ccc5ccccc5c4)N(Cc4cccc(C)c4)C(=O)C3=C2c2ccc3ccccc3c2)c1. The average molecular weight is 1880 g/mol. The Bertz CT molecular complexity index is 8140. The number of amides is 6. The molecule has 0 spiro atoms. The Hall–Kier alpha value is -17.6. The van der Waals surface area contributed by atoms with Crippen LogP contribution in [0.5, 0.6) is 11.5 Å². The van der Waals surface area contributed by atoms with E-state index in [2.05, 4.69) is 274 Å². The van der Waals surface area contributed by atoms with Crippen molar-refractivity contribution in [1.82, 2.24) is 29.4 Å².